The zero-order valence-electron chi connectivity index (χ0n) is 9.97. The van der Waals surface area contributed by atoms with Gasteiger partial charge in [0.1, 0.15) is 0 Å². The average molecular weight is 242 g/mol. The maximum atomic E-state index is 12.3. The molecule has 92 valence electrons. The zero-order chi connectivity index (χ0) is 12.4. The molecule has 0 aromatic carbocycles. The molecule has 0 saturated heterocycles. The van der Waals surface area contributed by atoms with Crippen molar-refractivity contribution in [3.8, 4) is 0 Å². The fourth-order valence-corrected chi connectivity index (χ4v) is 2.17. The van der Waals surface area contributed by atoms with Gasteiger partial charge < -0.3 is 5.32 Å². The van der Waals surface area contributed by atoms with Crippen molar-refractivity contribution in [3.05, 3.63) is 58.0 Å². The van der Waals surface area contributed by atoms with Crippen LogP contribution in [0.1, 0.15) is 17.0 Å². The quantitative estimate of drug-likeness (QED) is 0.824. The van der Waals surface area contributed by atoms with Crippen LogP contribution < -0.4 is 10.9 Å². The van der Waals surface area contributed by atoms with Gasteiger partial charge in [0, 0.05) is 18.3 Å². The Balaban J connectivity index is 1.96. The molecule has 0 saturated carbocycles. The monoisotopic (exact) mass is 242 g/mol. The molecule has 0 bridgehead atoms. The van der Waals surface area contributed by atoms with E-state index < -0.39 is 0 Å². The van der Waals surface area contributed by atoms with E-state index in [0.29, 0.717) is 13.1 Å². The standard InChI is InChI=1S/C13H14N4O/c18-13-11-4-6-14-7-12(11)16-9-17(13)8-10-3-1-2-5-15-10/h1-3,5,9,14H,4,6-8H2. The van der Waals surface area contributed by atoms with E-state index in [0.717, 1.165) is 29.9 Å². The zero-order valence-corrected chi connectivity index (χ0v) is 9.97. The summed E-state index contributed by atoms with van der Waals surface area (Å²) in [6, 6.07) is 5.69. The summed E-state index contributed by atoms with van der Waals surface area (Å²) in [5.41, 5.74) is 2.65. The normalized spacial score (nSPS) is 14.2. The summed E-state index contributed by atoms with van der Waals surface area (Å²) >= 11 is 0. The molecular formula is C13H14N4O. The molecule has 0 fully saturated rings. The summed E-state index contributed by atoms with van der Waals surface area (Å²) in [6.07, 6.45) is 4.10. The van der Waals surface area contributed by atoms with Crippen LogP contribution in [0.3, 0.4) is 0 Å². The van der Waals surface area contributed by atoms with Gasteiger partial charge in [0.15, 0.2) is 0 Å². The molecule has 0 aliphatic carbocycles. The highest BCUT2D eigenvalue weighted by atomic mass is 16.1. The molecule has 3 heterocycles. The first-order chi connectivity index (χ1) is 8.84. The fraction of sp³-hybridized carbons (Fsp3) is 0.308. The Morgan fingerprint density at radius 3 is 3.11 bits per heavy atom. The Morgan fingerprint density at radius 1 is 1.33 bits per heavy atom. The molecule has 0 atom stereocenters. The van der Waals surface area contributed by atoms with Crippen molar-refractivity contribution in [2.75, 3.05) is 6.54 Å². The van der Waals surface area contributed by atoms with E-state index in [1.807, 2.05) is 18.2 Å². The van der Waals surface area contributed by atoms with Gasteiger partial charge in [-0.15, -0.1) is 0 Å². The van der Waals surface area contributed by atoms with Crippen LogP contribution in [0.15, 0.2) is 35.5 Å². The maximum absolute atomic E-state index is 12.3. The van der Waals surface area contributed by atoms with Gasteiger partial charge in [-0.05, 0) is 25.1 Å². The van der Waals surface area contributed by atoms with Crippen molar-refractivity contribution >= 4 is 0 Å². The second-order valence-corrected chi connectivity index (χ2v) is 4.35. The van der Waals surface area contributed by atoms with Crippen LogP contribution in [0.2, 0.25) is 0 Å². The minimum absolute atomic E-state index is 0.0622. The third-order valence-corrected chi connectivity index (χ3v) is 3.12. The number of nitrogens with zero attached hydrogens (tertiary/aromatic N) is 3. The molecule has 3 rings (SSSR count). The van der Waals surface area contributed by atoms with Crippen molar-refractivity contribution in [1.29, 1.82) is 0 Å². The van der Waals surface area contributed by atoms with Crippen LogP contribution in [0.25, 0.3) is 0 Å². The number of aromatic nitrogens is 3. The maximum Gasteiger partial charge on any atom is 0.257 e. The number of hydrogen-bond acceptors (Lipinski definition) is 4. The van der Waals surface area contributed by atoms with Crippen LogP contribution in [0.5, 0.6) is 0 Å². The molecule has 0 unspecified atom stereocenters. The summed E-state index contributed by atoms with van der Waals surface area (Å²) in [6.45, 7) is 2.01. The molecule has 5 heteroatoms. The highest BCUT2D eigenvalue weighted by Crippen LogP contribution is 2.06. The van der Waals surface area contributed by atoms with E-state index >= 15 is 0 Å². The Bertz CT molecular complexity index is 606. The Labute approximate surface area is 105 Å². The summed E-state index contributed by atoms with van der Waals surface area (Å²) < 4.78 is 1.63. The lowest BCUT2D eigenvalue weighted by Gasteiger charge is -2.16. The van der Waals surface area contributed by atoms with E-state index in [4.69, 9.17) is 0 Å². The summed E-state index contributed by atoms with van der Waals surface area (Å²) in [5.74, 6) is 0. The summed E-state index contributed by atoms with van der Waals surface area (Å²) in [5, 5.41) is 3.21. The van der Waals surface area contributed by atoms with Crippen molar-refractivity contribution in [3.63, 3.8) is 0 Å². The lowest BCUT2D eigenvalue weighted by molar-refractivity contribution is 0.594. The van der Waals surface area contributed by atoms with E-state index in [2.05, 4.69) is 15.3 Å². The topological polar surface area (TPSA) is 59.8 Å². The molecule has 0 spiro atoms. The number of nitrogens with one attached hydrogen (secondary N) is 1. The second kappa shape index (κ2) is 4.70. The summed E-state index contributed by atoms with van der Waals surface area (Å²) in [4.78, 5) is 20.9. The van der Waals surface area contributed by atoms with Gasteiger partial charge in [0.05, 0.1) is 24.3 Å². The third kappa shape index (κ3) is 2.04. The van der Waals surface area contributed by atoms with E-state index in [9.17, 15) is 4.79 Å². The fourth-order valence-electron chi connectivity index (χ4n) is 2.17. The summed E-state index contributed by atoms with van der Waals surface area (Å²) in [7, 11) is 0. The molecule has 18 heavy (non-hydrogen) atoms. The number of rotatable bonds is 2. The van der Waals surface area contributed by atoms with Gasteiger partial charge in [-0.3, -0.25) is 14.3 Å². The Kier molecular flexibility index (Phi) is 2.90. The van der Waals surface area contributed by atoms with Crippen LogP contribution in [-0.2, 0) is 19.5 Å². The lowest BCUT2D eigenvalue weighted by Crippen LogP contribution is -2.34. The van der Waals surface area contributed by atoms with Gasteiger partial charge in [0.2, 0.25) is 0 Å². The highest BCUT2D eigenvalue weighted by molar-refractivity contribution is 5.20. The largest absolute Gasteiger partial charge is 0.311 e. The molecule has 1 aliphatic heterocycles. The first-order valence-electron chi connectivity index (χ1n) is 6.02. The average Bonchev–Trinajstić information content (AvgIpc) is 2.43. The van der Waals surface area contributed by atoms with Crippen LogP contribution in [0, 0.1) is 0 Å². The minimum Gasteiger partial charge on any atom is -0.311 e. The van der Waals surface area contributed by atoms with E-state index in [-0.39, 0.29) is 5.56 Å². The SMILES string of the molecule is O=c1c2c(ncn1Cc1ccccn1)CNCC2. The molecular weight excluding hydrogens is 228 g/mol. The van der Waals surface area contributed by atoms with E-state index in [1.165, 1.54) is 0 Å². The molecule has 2 aromatic heterocycles. The van der Waals surface area contributed by atoms with Crippen molar-refractivity contribution in [2.24, 2.45) is 0 Å². The van der Waals surface area contributed by atoms with Crippen molar-refractivity contribution in [1.82, 2.24) is 19.9 Å². The lowest BCUT2D eigenvalue weighted by atomic mass is 10.1. The molecule has 1 N–H and O–H groups in total. The molecule has 1 aliphatic rings. The molecule has 2 aromatic rings. The van der Waals surface area contributed by atoms with Gasteiger partial charge in [0.25, 0.3) is 5.56 Å². The minimum atomic E-state index is 0.0622. The Hall–Kier alpha value is -2.01. The first-order valence-corrected chi connectivity index (χ1v) is 6.02. The van der Waals surface area contributed by atoms with Crippen LogP contribution in [0.4, 0.5) is 0 Å². The van der Waals surface area contributed by atoms with Crippen LogP contribution >= 0.6 is 0 Å². The highest BCUT2D eigenvalue weighted by Gasteiger charge is 2.15. The Morgan fingerprint density at radius 2 is 2.28 bits per heavy atom. The van der Waals surface area contributed by atoms with Gasteiger partial charge in [-0.1, -0.05) is 6.07 Å². The predicted molar refractivity (Wildman–Crippen MR) is 67.2 cm³/mol. The third-order valence-electron chi connectivity index (χ3n) is 3.12. The van der Waals surface area contributed by atoms with Gasteiger partial charge in [-0.2, -0.15) is 0 Å². The number of fused-ring (bicyclic) bond motifs is 1. The second-order valence-electron chi connectivity index (χ2n) is 4.35. The number of hydrogen-bond donors (Lipinski definition) is 1. The van der Waals surface area contributed by atoms with Crippen molar-refractivity contribution in [2.45, 2.75) is 19.5 Å². The van der Waals surface area contributed by atoms with Gasteiger partial charge in [-0.25, -0.2) is 4.98 Å². The van der Waals surface area contributed by atoms with Crippen molar-refractivity contribution < 1.29 is 0 Å². The molecule has 0 radical (unpaired) electrons. The predicted octanol–water partition coefficient (Wildman–Crippen LogP) is 0.332. The van der Waals surface area contributed by atoms with Crippen LogP contribution in [-0.4, -0.2) is 21.1 Å². The van der Waals surface area contributed by atoms with Gasteiger partial charge >= 0.3 is 0 Å². The number of pyridine rings is 1. The molecule has 5 nitrogen and oxygen atoms in total. The smallest absolute Gasteiger partial charge is 0.257 e. The van der Waals surface area contributed by atoms with E-state index in [1.54, 1.807) is 17.1 Å². The molecule has 0 amide bonds. The first kappa shape index (κ1) is 11.1.